The lowest BCUT2D eigenvalue weighted by molar-refractivity contribution is -0.116. The quantitative estimate of drug-likeness (QED) is 0.226. The van der Waals surface area contributed by atoms with E-state index in [2.05, 4.69) is 70.3 Å². The van der Waals surface area contributed by atoms with Crippen LogP contribution in [0.5, 0.6) is 0 Å². The van der Waals surface area contributed by atoms with Gasteiger partial charge in [-0.2, -0.15) is 0 Å². The molecule has 1 atom stereocenters. The number of hydrogen-bond acceptors (Lipinski definition) is 3. The molecule has 30 heavy (non-hydrogen) atoms. The highest BCUT2D eigenvalue weighted by molar-refractivity contribution is 14.0. The second kappa shape index (κ2) is 11.8. The van der Waals surface area contributed by atoms with Gasteiger partial charge in [-0.05, 0) is 42.2 Å². The molecule has 0 aliphatic carbocycles. The van der Waals surface area contributed by atoms with E-state index in [0.29, 0.717) is 13.0 Å². The number of carbonyl (C=O) groups is 1. The van der Waals surface area contributed by atoms with Crippen LogP contribution >= 0.6 is 24.0 Å². The van der Waals surface area contributed by atoms with Gasteiger partial charge in [0, 0.05) is 57.9 Å². The van der Waals surface area contributed by atoms with Crippen molar-refractivity contribution < 1.29 is 4.79 Å². The van der Waals surface area contributed by atoms with Crippen molar-refractivity contribution >= 4 is 47.2 Å². The maximum absolute atomic E-state index is 12.0. The van der Waals surface area contributed by atoms with Crippen LogP contribution in [0.3, 0.4) is 0 Å². The van der Waals surface area contributed by atoms with E-state index >= 15 is 0 Å². The fourth-order valence-corrected chi connectivity index (χ4v) is 3.58. The molecule has 1 amide bonds. The van der Waals surface area contributed by atoms with Gasteiger partial charge in [0.25, 0.3) is 0 Å². The van der Waals surface area contributed by atoms with E-state index in [1.807, 2.05) is 18.2 Å². The summed E-state index contributed by atoms with van der Waals surface area (Å²) in [7, 11) is 5.88. The molecule has 0 spiro atoms. The van der Waals surface area contributed by atoms with E-state index < -0.39 is 0 Å². The summed E-state index contributed by atoms with van der Waals surface area (Å²) in [5.41, 5.74) is 4.65. The molecule has 0 fully saturated rings. The molecule has 1 aliphatic rings. The maximum Gasteiger partial charge on any atom is 0.225 e. The van der Waals surface area contributed by atoms with Crippen LogP contribution in [-0.4, -0.2) is 46.1 Å². The SMILES string of the molecule is CN=C(NCCCc1ccc(N(C)C)cc1)NCC1CC(=O)Nc2ccccc21.I. The van der Waals surface area contributed by atoms with E-state index in [1.54, 1.807) is 7.05 Å². The van der Waals surface area contributed by atoms with E-state index in [-0.39, 0.29) is 35.8 Å². The number of amides is 1. The smallest absolute Gasteiger partial charge is 0.225 e. The number of halogens is 1. The Balaban J connectivity index is 0.00000320. The van der Waals surface area contributed by atoms with Gasteiger partial charge in [0.1, 0.15) is 0 Å². The monoisotopic (exact) mass is 521 g/mol. The summed E-state index contributed by atoms with van der Waals surface area (Å²) < 4.78 is 0. The minimum absolute atomic E-state index is 0. The second-order valence-electron chi connectivity index (χ2n) is 7.58. The predicted molar refractivity (Wildman–Crippen MR) is 136 cm³/mol. The largest absolute Gasteiger partial charge is 0.378 e. The third kappa shape index (κ3) is 6.62. The number of hydrogen-bond donors (Lipinski definition) is 3. The lowest BCUT2D eigenvalue weighted by Gasteiger charge is -2.26. The lowest BCUT2D eigenvalue weighted by Crippen LogP contribution is -2.41. The topological polar surface area (TPSA) is 68.8 Å². The predicted octanol–water partition coefficient (Wildman–Crippen LogP) is 3.59. The first-order valence-corrected chi connectivity index (χ1v) is 10.2. The van der Waals surface area contributed by atoms with Gasteiger partial charge >= 0.3 is 0 Å². The molecule has 0 aromatic heterocycles. The van der Waals surface area contributed by atoms with E-state index in [4.69, 9.17) is 0 Å². The van der Waals surface area contributed by atoms with Crippen molar-refractivity contribution in [1.29, 1.82) is 0 Å². The minimum atomic E-state index is 0. The second-order valence-corrected chi connectivity index (χ2v) is 7.58. The number of aryl methyl sites for hydroxylation is 1. The van der Waals surface area contributed by atoms with Crippen molar-refractivity contribution in [2.75, 3.05) is 44.4 Å². The Hall–Kier alpha value is -2.29. The van der Waals surface area contributed by atoms with Crippen molar-refractivity contribution in [1.82, 2.24) is 10.6 Å². The van der Waals surface area contributed by atoms with Gasteiger partial charge in [-0.3, -0.25) is 9.79 Å². The first-order valence-electron chi connectivity index (χ1n) is 10.2. The van der Waals surface area contributed by atoms with Crippen LogP contribution < -0.4 is 20.9 Å². The molecule has 1 unspecified atom stereocenters. The molecule has 2 aromatic carbocycles. The van der Waals surface area contributed by atoms with E-state index in [1.165, 1.54) is 16.8 Å². The molecule has 2 aromatic rings. The Kier molecular flexibility index (Phi) is 9.42. The number of carbonyl (C=O) groups excluding carboxylic acids is 1. The third-order valence-corrected chi connectivity index (χ3v) is 5.23. The van der Waals surface area contributed by atoms with Crippen molar-refractivity contribution in [3.63, 3.8) is 0 Å². The Labute approximate surface area is 196 Å². The molecular weight excluding hydrogens is 489 g/mol. The molecule has 1 heterocycles. The van der Waals surface area contributed by atoms with Gasteiger partial charge in [0.2, 0.25) is 5.91 Å². The van der Waals surface area contributed by atoms with Gasteiger partial charge in [-0.15, -0.1) is 24.0 Å². The number of para-hydroxylation sites is 1. The molecule has 0 saturated carbocycles. The normalized spacial score (nSPS) is 15.5. The van der Waals surface area contributed by atoms with Crippen molar-refractivity contribution in [3.05, 3.63) is 59.7 Å². The molecule has 1 aliphatic heterocycles. The fourth-order valence-electron chi connectivity index (χ4n) is 3.58. The molecular formula is C23H32IN5O. The van der Waals surface area contributed by atoms with Gasteiger partial charge in [0.15, 0.2) is 5.96 Å². The summed E-state index contributed by atoms with van der Waals surface area (Å²) in [6.45, 7) is 1.52. The van der Waals surface area contributed by atoms with Gasteiger partial charge < -0.3 is 20.9 Å². The summed E-state index contributed by atoms with van der Waals surface area (Å²) in [6, 6.07) is 16.7. The van der Waals surface area contributed by atoms with E-state index in [9.17, 15) is 4.79 Å². The van der Waals surface area contributed by atoms with Crippen molar-refractivity contribution in [2.24, 2.45) is 4.99 Å². The number of benzene rings is 2. The summed E-state index contributed by atoms with van der Waals surface area (Å²) in [5.74, 6) is 0.990. The van der Waals surface area contributed by atoms with Crippen LogP contribution in [0.1, 0.15) is 29.9 Å². The molecule has 6 nitrogen and oxygen atoms in total. The van der Waals surface area contributed by atoms with Crippen molar-refractivity contribution in [2.45, 2.75) is 25.2 Å². The Morgan fingerprint density at radius 1 is 1.13 bits per heavy atom. The highest BCUT2D eigenvalue weighted by Crippen LogP contribution is 2.31. The molecule has 3 rings (SSSR count). The number of rotatable bonds is 7. The number of aliphatic imine (C=N–C) groups is 1. The fraction of sp³-hybridized carbons (Fsp3) is 0.391. The van der Waals surface area contributed by atoms with Crippen molar-refractivity contribution in [3.8, 4) is 0 Å². The van der Waals surface area contributed by atoms with Gasteiger partial charge in [0.05, 0.1) is 0 Å². The first-order chi connectivity index (χ1) is 14.1. The molecule has 0 radical (unpaired) electrons. The summed E-state index contributed by atoms with van der Waals surface area (Å²) in [5, 5.41) is 9.69. The average molecular weight is 521 g/mol. The number of fused-ring (bicyclic) bond motifs is 1. The first kappa shape index (κ1) is 24.0. The Bertz CT molecular complexity index is 851. The van der Waals surface area contributed by atoms with Crippen LogP contribution in [0.2, 0.25) is 0 Å². The maximum atomic E-state index is 12.0. The lowest BCUT2D eigenvalue weighted by atomic mass is 9.90. The minimum Gasteiger partial charge on any atom is -0.378 e. The van der Waals surface area contributed by atoms with Crippen LogP contribution in [0, 0.1) is 0 Å². The molecule has 162 valence electrons. The summed E-state index contributed by atoms with van der Waals surface area (Å²) in [4.78, 5) is 18.4. The molecule has 0 bridgehead atoms. The van der Waals surface area contributed by atoms with Crippen LogP contribution in [0.15, 0.2) is 53.5 Å². The molecule has 3 N–H and O–H groups in total. The third-order valence-electron chi connectivity index (χ3n) is 5.23. The van der Waals surface area contributed by atoms with Crippen LogP contribution in [-0.2, 0) is 11.2 Å². The summed E-state index contributed by atoms with van der Waals surface area (Å²) >= 11 is 0. The van der Waals surface area contributed by atoms with E-state index in [0.717, 1.165) is 31.0 Å². The number of anilines is 2. The van der Waals surface area contributed by atoms with Gasteiger partial charge in [-0.1, -0.05) is 30.3 Å². The van der Waals surface area contributed by atoms with Gasteiger partial charge in [-0.25, -0.2) is 0 Å². The zero-order valence-corrected chi connectivity index (χ0v) is 20.3. The standard InChI is InChI=1S/C23H31N5O.HI/c1-24-23(25-14-6-7-17-10-12-19(13-11-17)28(2)3)26-16-18-15-22(29)27-21-9-5-4-8-20(18)21;/h4-5,8-13,18H,6-7,14-16H2,1-3H3,(H,27,29)(H2,24,25,26);1H. The van der Waals surface area contributed by atoms with Crippen LogP contribution in [0.4, 0.5) is 11.4 Å². The number of nitrogens with one attached hydrogen (secondary N) is 3. The number of guanidine groups is 1. The Morgan fingerprint density at radius 3 is 2.57 bits per heavy atom. The highest BCUT2D eigenvalue weighted by atomic mass is 127. The Morgan fingerprint density at radius 2 is 1.87 bits per heavy atom. The molecule has 0 saturated heterocycles. The zero-order chi connectivity index (χ0) is 20.6. The molecule has 7 heteroatoms. The highest BCUT2D eigenvalue weighted by Gasteiger charge is 2.24. The zero-order valence-electron chi connectivity index (χ0n) is 17.9. The average Bonchev–Trinajstić information content (AvgIpc) is 2.73. The summed E-state index contributed by atoms with van der Waals surface area (Å²) in [6.07, 6.45) is 2.54. The number of nitrogens with zero attached hydrogens (tertiary/aromatic N) is 2. The van der Waals surface area contributed by atoms with Crippen LogP contribution in [0.25, 0.3) is 0 Å².